The van der Waals surface area contributed by atoms with Crippen LogP contribution in [0.5, 0.6) is 11.5 Å². The van der Waals surface area contributed by atoms with Gasteiger partial charge in [0.1, 0.15) is 16.4 Å². The van der Waals surface area contributed by atoms with Crippen molar-refractivity contribution in [2.45, 2.75) is 4.90 Å². The van der Waals surface area contributed by atoms with Gasteiger partial charge in [-0.1, -0.05) is 12.1 Å². The molecule has 0 bridgehead atoms. The Balaban J connectivity index is 2.30. The highest BCUT2D eigenvalue weighted by atomic mass is 32.2. The third-order valence-corrected chi connectivity index (χ3v) is 4.41. The highest BCUT2D eigenvalue weighted by Crippen LogP contribution is 2.28. The SMILES string of the molecule is COc1ccc(OC)c(S(=O)(=O)N/N=C/c2ccccc2[N+](=O)[O-])c1. The molecule has 2 rings (SSSR count). The predicted octanol–water partition coefficient (Wildman–Crippen LogP) is 1.92. The van der Waals surface area contributed by atoms with Crippen LogP contribution in [0.25, 0.3) is 0 Å². The van der Waals surface area contributed by atoms with Crippen molar-refractivity contribution in [3.8, 4) is 11.5 Å². The Kier molecular flexibility index (Phi) is 5.55. The quantitative estimate of drug-likeness (QED) is 0.455. The van der Waals surface area contributed by atoms with Crippen molar-refractivity contribution in [3.05, 3.63) is 58.1 Å². The first-order valence-electron chi connectivity index (χ1n) is 6.89. The number of nitrogens with one attached hydrogen (secondary N) is 1. The van der Waals surface area contributed by atoms with Crippen molar-refractivity contribution in [3.63, 3.8) is 0 Å². The predicted molar refractivity (Wildman–Crippen MR) is 90.6 cm³/mol. The standard InChI is InChI=1S/C15H15N3O6S/c1-23-12-7-8-14(24-2)15(9-12)25(21,22)17-16-10-11-5-3-4-6-13(11)18(19)20/h3-10,17H,1-2H3/b16-10+. The Morgan fingerprint density at radius 3 is 2.52 bits per heavy atom. The number of rotatable bonds is 7. The van der Waals surface area contributed by atoms with E-state index in [0.29, 0.717) is 5.75 Å². The van der Waals surface area contributed by atoms with Crippen molar-refractivity contribution in [2.24, 2.45) is 5.10 Å². The van der Waals surface area contributed by atoms with Crippen LogP contribution in [0.1, 0.15) is 5.56 Å². The molecule has 0 spiro atoms. The molecule has 9 nitrogen and oxygen atoms in total. The molecule has 2 aromatic carbocycles. The topological polar surface area (TPSA) is 120 Å². The van der Waals surface area contributed by atoms with E-state index in [-0.39, 0.29) is 21.9 Å². The molecular weight excluding hydrogens is 350 g/mol. The minimum Gasteiger partial charge on any atom is -0.497 e. The number of hydrogen-bond acceptors (Lipinski definition) is 7. The minimum atomic E-state index is -4.06. The Morgan fingerprint density at radius 2 is 1.88 bits per heavy atom. The molecule has 132 valence electrons. The van der Waals surface area contributed by atoms with Crippen LogP contribution in [-0.4, -0.2) is 33.8 Å². The molecule has 0 atom stereocenters. The van der Waals surface area contributed by atoms with E-state index in [9.17, 15) is 18.5 Å². The lowest BCUT2D eigenvalue weighted by atomic mass is 10.2. The fourth-order valence-corrected chi connectivity index (χ4v) is 2.95. The number of hydrazone groups is 1. The van der Waals surface area contributed by atoms with Crippen LogP contribution in [0.3, 0.4) is 0 Å². The molecule has 10 heteroatoms. The number of para-hydroxylation sites is 1. The first-order valence-corrected chi connectivity index (χ1v) is 8.37. The molecule has 1 N–H and O–H groups in total. The van der Waals surface area contributed by atoms with Crippen LogP contribution in [0.15, 0.2) is 52.5 Å². The molecule has 0 radical (unpaired) electrons. The second-order valence-corrected chi connectivity index (χ2v) is 6.31. The summed E-state index contributed by atoms with van der Waals surface area (Å²) in [6, 6.07) is 10.1. The van der Waals surface area contributed by atoms with Gasteiger partial charge in [0.15, 0.2) is 0 Å². The Bertz CT molecular complexity index is 911. The van der Waals surface area contributed by atoms with Gasteiger partial charge in [-0.15, -0.1) is 0 Å². The summed E-state index contributed by atoms with van der Waals surface area (Å²) in [5.41, 5.74) is -0.0304. The summed E-state index contributed by atoms with van der Waals surface area (Å²) >= 11 is 0. The second-order valence-electron chi connectivity index (χ2n) is 4.69. The molecule has 0 aliphatic carbocycles. The van der Waals surface area contributed by atoms with Crippen LogP contribution < -0.4 is 14.3 Å². The highest BCUT2D eigenvalue weighted by molar-refractivity contribution is 7.89. The van der Waals surface area contributed by atoms with Gasteiger partial charge in [0.2, 0.25) is 0 Å². The average Bonchev–Trinajstić information content (AvgIpc) is 2.61. The van der Waals surface area contributed by atoms with Crippen LogP contribution in [0.2, 0.25) is 0 Å². The molecule has 0 fully saturated rings. The lowest BCUT2D eigenvalue weighted by Crippen LogP contribution is -2.19. The summed E-state index contributed by atoms with van der Waals surface area (Å²) in [6.45, 7) is 0. The Morgan fingerprint density at radius 1 is 1.16 bits per heavy atom. The summed E-state index contributed by atoms with van der Waals surface area (Å²) in [6.07, 6.45) is 1.06. The summed E-state index contributed by atoms with van der Waals surface area (Å²) in [5.74, 6) is 0.429. The van der Waals surface area contributed by atoms with E-state index >= 15 is 0 Å². The summed E-state index contributed by atoms with van der Waals surface area (Å²) in [4.78, 5) is 12.2. The third-order valence-electron chi connectivity index (χ3n) is 3.17. The van der Waals surface area contributed by atoms with Crippen molar-refractivity contribution in [1.82, 2.24) is 4.83 Å². The number of nitro benzene ring substituents is 1. The zero-order chi connectivity index (χ0) is 18.4. The lowest BCUT2D eigenvalue weighted by molar-refractivity contribution is -0.385. The van der Waals surface area contributed by atoms with Gasteiger partial charge in [-0.05, 0) is 18.2 Å². The molecule has 25 heavy (non-hydrogen) atoms. The third kappa shape index (κ3) is 4.23. The van der Waals surface area contributed by atoms with Crippen molar-refractivity contribution in [2.75, 3.05) is 14.2 Å². The van der Waals surface area contributed by atoms with Gasteiger partial charge < -0.3 is 9.47 Å². The van der Waals surface area contributed by atoms with E-state index < -0.39 is 14.9 Å². The smallest absolute Gasteiger partial charge is 0.280 e. The van der Waals surface area contributed by atoms with Gasteiger partial charge in [-0.25, -0.2) is 0 Å². The van der Waals surface area contributed by atoms with Crippen molar-refractivity contribution >= 4 is 21.9 Å². The van der Waals surface area contributed by atoms with Gasteiger partial charge in [0, 0.05) is 12.1 Å². The first-order chi connectivity index (χ1) is 11.9. The van der Waals surface area contributed by atoms with Gasteiger partial charge >= 0.3 is 0 Å². The maximum atomic E-state index is 12.4. The van der Waals surface area contributed by atoms with Gasteiger partial charge in [0.05, 0.1) is 30.9 Å². The highest BCUT2D eigenvalue weighted by Gasteiger charge is 2.20. The number of nitro groups is 1. The summed E-state index contributed by atoms with van der Waals surface area (Å²) in [5, 5.41) is 14.5. The number of benzene rings is 2. The fourth-order valence-electron chi connectivity index (χ4n) is 1.97. The average molecular weight is 365 g/mol. The zero-order valence-corrected chi connectivity index (χ0v) is 14.2. The monoisotopic (exact) mass is 365 g/mol. The normalized spacial score (nSPS) is 11.3. The molecular formula is C15H15N3O6S. The number of hydrogen-bond donors (Lipinski definition) is 1. The summed E-state index contributed by atoms with van der Waals surface area (Å²) < 4.78 is 34.8. The summed E-state index contributed by atoms with van der Waals surface area (Å²) in [7, 11) is -1.33. The van der Waals surface area contributed by atoms with E-state index in [2.05, 4.69) is 5.10 Å². The van der Waals surface area contributed by atoms with E-state index in [1.807, 2.05) is 4.83 Å². The molecule has 0 saturated heterocycles. The zero-order valence-electron chi connectivity index (χ0n) is 13.4. The molecule has 0 unspecified atom stereocenters. The molecule has 0 aliphatic heterocycles. The minimum absolute atomic E-state index is 0.106. The molecule has 2 aromatic rings. The largest absolute Gasteiger partial charge is 0.497 e. The number of nitrogens with zero attached hydrogens (tertiary/aromatic N) is 2. The van der Waals surface area contributed by atoms with E-state index in [0.717, 1.165) is 6.21 Å². The molecule has 0 amide bonds. The van der Waals surface area contributed by atoms with Crippen LogP contribution in [0, 0.1) is 10.1 Å². The lowest BCUT2D eigenvalue weighted by Gasteiger charge is -2.10. The van der Waals surface area contributed by atoms with Crippen molar-refractivity contribution in [1.29, 1.82) is 0 Å². The van der Waals surface area contributed by atoms with Gasteiger partial charge in [0.25, 0.3) is 15.7 Å². The van der Waals surface area contributed by atoms with E-state index in [1.54, 1.807) is 12.1 Å². The van der Waals surface area contributed by atoms with Crippen LogP contribution in [0.4, 0.5) is 5.69 Å². The van der Waals surface area contributed by atoms with Gasteiger partial charge in [-0.3, -0.25) is 10.1 Å². The fraction of sp³-hybridized carbons (Fsp3) is 0.133. The van der Waals surface area contributed by atoms with E-state index in [4.69, 9.17) is 9.47 Å². The van der Waals surface area contributed by atoms with Crippen LogP contribution in [-0.2, 0) is 10.0 Å². The Hall–Kier alpha value is -3.14. The molecule has 0 aliphatic rings. The molecule has 0 aromatic heterocycles. The number of methoxy groups -OCH3 is 2. The van der Waals surface area contributed by atoms with E-state index in [1.165, 1.54) is 44.6 Å². The maximum Gasteiger partial charge on any atom is 0.280 e. The van der Waals surface area contributed by atoms with Crippen molar-refractivity contribution < 1.29 is 22.8 Å². The van der Waals surface area contributed by atoms with Gasteiger partial charge in [-0.2, -0.15) is 18.4 Å². The maximum absolute atomic E-state index is 12.4. The van der Waals surface area contributed by atoms with Crippen LogP contribution >= 0.6 is 0 Å². The number of sulfonamides is 1. The first kappa shape index (κ1) is 18.2. The second kappa shape index (κ2) is 7.62. The Labute approximate surface area is 144 Å². The molecule has 0 saturated carbocycles. The molecule has 0 heterocycles. The number of ether oxygens (including phenoxy) is 2.